The quantitative estimate of drug-likeness (QED) is 0.768. The van der Waals surface area contributed by atoms with Crippen LogP contribution in [-0.4, -0.2) is 23.1 Å². The van der Waals surface area contributed by atoms with E-state index in [0.29, 0.717) is 18.5 Å². The molecule has 0 fully saturated rings. The summed E-state index contributed by atoms with van der Waals surface area (Å²) in [6, 6.07) is 2.65. The average molecular weight is 279 g/mol. The van der Waals surface area contributed by atoms with Gasteiger partial charge in [0.2, 0.25) is 5.91 Å². The molecule has 1 aromatic heterocycles. The second-order valence-electron chi connectivity index (χ2n) is 6.02. The van der Waals surface area contributed by atoms with Crippen LogP contribution >= 0.6 is 0 Å². The number of hydrogen-bond donors (Lipinski definition) is 2. The molecule has 0 spiro atoms. The molecular weight excluding hydrogens is 250 g/mol. The van der Waals surface area contributed by atoms with Crippen molar-refractivity contribution in [3.63, 3.8) is 0 Å². The van der Waals surface area contributed by atoms with Gasteiger partial charge in [0.15, 0.2) is 0 Å². The molecule has 1 atom stereocenters. The van der Waals surface area contributed by atoms with Crippen molar-refractivity contribution in [1.29, 1.82) is 0 Å². The zero-order valence-electron chi connectivity index (χ0n) is 13.4. The minimum Gasteiger partial charge on any atom is -0.352 e. The standard InChI is InChI=1S/C16H29N3O/c1-6-8-17-16(12(2)3)14-7-9-19(10-14)11-15(20)18-13(4)5/h7,9-10,12-13,16-17H,6,8,11H2,1-5H3,(H,18,20). The highest BCUT2D eigenvalue weighted by atomic mass is 16.2. The Balaban J connectivity index is 2.66. The van der Waals surface area contributed by atoms with Crippen molar-refractivity contribution in [3.8, 4) is 0 Å². The number of hydrogen-bond acceptors (Lipinski definition) is 2. The van der Waals surface area contributed by atoms with Crippen molar-refractivity contribution in [2.75, 3.05) is 6.54 Å². The van der Waals surface area contributed by atoms with E-state index in [-0.39, 0.29) is 11.9 Å². The van der Waals surface area contributed by atoms with Crippen LogP contribution in [0.4, 0.5) is 0 Å². The fourth-order valence-electron chi connectivity index (χ4n) is 2.31. The molecule has 1 amide bonds. The summed E-state index contributed by atoms with van der Waals surface area (Å²) in [5, 5.41) is 6.48. The number of nitrogens with zero attached hydrogens (tertiary/aromatic N) is 1. The molecule has 0 aromatic carbocycles. The van der Waals surface area contributed by atoms with Crippen LogP contribution in [0.5, 0.6) is 0 Å². The van der Waals surface area contributed by atoms with Crippen LogP contribution in [0.2, 0.25) is 0 Å². The van der Waals surface area contributed by atoms with Gasteiger partial charge in [0.25, 0.3) is 0 Å². The molecule has 1 aromatic rings. The Bertz CT molecular complexity index is 410. The van der Waals surface area contributed by atoms with Crippen molar-refractivity contribution in [2.45, 2.75) is 59.7 Å². The summed E-state index contributed by atoms with van der Waals surface area (Å²) in [5.41, 5.74) is 1.26. The van der Waals surface area contributed by atoms with E-state index >= 15 is 0 Å². The predicted octanol–water partition coefficient (Wildman–Crippen LogP) is 2.71. The first kappa shape index (κ1) is 16.8. The van der Waals surface area contributed by atoms with Crippen LogP contribution in [0.3, 0.4) is 0 Å². The number of rotatable bonds is 8. The van der Waals surface area contributed by atoms with Crippen molar-refractivity contribution >= 4 is 5.91 Å². The first-order valence-electron chi connectivity index (χ1n) is 7.62. The van der Waals surface area contributed by atoms with Crippen LogP contribution in [0.25, 0.3) is 0 Å². The fraction of sp³-hybridized carbons (Fsp3) is 0.688. The second-order valence-corrected chi connectivity index (χ2v) is 6.02. The molecule has 2 N–H and O–H groups in total. The largest absolute Gasteiger partial charge is 0.352 e. The van der Waals surface area contributed by atoms with Crippen molar-refractivity contribution in [1.82, 2.24) is 15.2 Å². The number of aromatic nitrogens is 1. The molecule has 0 radical (unpaired) electrons. The Morgan fingerprint density at radius 2 is 2.00 bits per heavy atom. The maximum absolute atomic E-state index is 11.8. The molecule has 0 saturated carbocycles. The summed E-state index contributed by atoms with van der Waals surface area (Å²) in [7, 11) is 0. The van der Waals surface area contributed by atoms with E-state index < -0.39 is 0 Å². The topological polar surface area (TPSA) is 46.1 Å². The summed E-state index contributed by atoms with van der Waals surface area (Å²) in [6.45, 7) is 12.0. The summed E-state index contributed by atoms with van der Waals surface area (Å²) >= 11 is 0. The Morgan fingerprint density at radius 1 is 1.30 bits per heavy atom. The lowest BCUT2D eigenvalue weighted by molar-refractivity contribution is -0.122. The molecule has 0 aliphatic rings. The van der Waals surface area contributed by atoms with Gasteiger partial charge >= 0.3 is 0 Å². The normalized spacial score (nSPS) is 12.9. The van der Waals surface area contributed by atoms with Crippen molar-refractivity contribution < 1.29 is 4.79 Å². The molecule has 114 valence electrons. The lowest BCUT2D eigenvalue weighted by Crippen LogP contribution is -2.32. The number of carbonyl (C=O) groups is 1. The van der Waals surface area contributed by atoms with Gasteiger partial charge in [-0.1, -0.05) is 20.8 Å². The molecule has 1 unspecified atom stereocenters. The molecule has 1 heterocycles. The lowest BCUT2D eigenvalue weighted by atomic mass is 9.98. The highest BCUT2D eigenvalue weighted by Gasteiger charge is 2.16. The maximum Gasteiger partial charge on any atom is 0.240 e. The highest BCUT2D eigenvalue weighted by molar-refractivity contribution is 5.76. The van der Waals surface area contributed by atoms with E-state index in [4.69, 9.17) is 0 Å². The molecular formula is C16H29N3O. The van der Waals surface area contributed by atoms with Gasteiger partial charge in [0.05, 0.1) is 0 Å². The van der Waals surface area contributed by atoms with Crippen LogP contribution < -0.4 is 10.6 Å². The van der Waals surface area contributed by atoms with Crippen LogP contribution in [0.15, 0.2) is 18.5 Å². The van der Waals surface area contributed by atoms with E-state index in [0.717, 1.165) is 13.0 Å². The molecule has 0 aliphatic heterocycles. The first-order valence-corrected chi connectivity index (χ1v) is 7.62. The highest BCUT2D eigenvalue weighted by Crippen LogP contribution is 2.21. The van der Waals surface area contributed by atoms with E-state index in [9.17, 15) is 4.79 Å². The van der Waals surface area contributed by atoms with Crippen LogP contribution in [-0.2, 0) is 11.3 Å². The van der Waals surface area contributed by atoms with Crippen molar-refractivity contribution in [3.05, 3.63) is 24.0 Å². The molecule has 0 saturated heterocycles. The summed E-state index contributed by atoms with van der Waals surface area (Å²) in [5.74, 6) is 0.589. The van der Waals surface area contributed by atoms with E-state index in [2.05, 4.69) is 43.7 Å². The minimum absolute atomic E-state index is 0.0600. The Kier molecular flexibility index (Phi) is 6.79. The lowest BCUT2D eigenvalue weighted by Gasteiger charge is -2.21. The zero-order valence-corrected chi connectivity index (χ0v) is 13.4. The third-order valence-corrected chi connectivity index (χ3v) is 3.19. The fourth-order valence-corrected chi connectivity index (χ4v) is 2.31. The first-order chi connectivity index (χ1) is 9.43. The summed E-state index contributed by atoms with van der Waals surface area (Å²) < 4.78 is 1.95. The molecule has 0 bridgehead atoms. The van der Waals surface area contributed by atoms with E-state index in [1.54, 1.807) is 0 Å². The Labute approximate surface area is 122 Å². The molecule has 4 heteroatoms. The third kappa shape index (κ3) is 5.37. The maximum atomic E-state index is 11.8. The molecule has 0 aliphatic carbocycles. The minimum atomic E-state index is 0.0600. The smallest absolute Gasteiger partial charge is 0.240 e. The van der Waals surface area contributed by atoms with Crippen molar-refractivity contribution in [2.24, 2.45) is 5.92 Å². The van der Waals surface area contributed by atoms with Gasteiger partial charge in [-0.3, -0.25) is 4.79 Å². The van der Waals surface area contributed by atoms with Gasteiger partial charge in [-0.25, -0.2) is 0 Å². The van der Waals surface area contributed by atoms with Gasteiger partial charge in [0.1, 0.15) is 6.54 Å². The van der Waals surface area contributed by atoms with Gasteiger partial charge in [-0.15, -0.1) is 0 Å². The molecule has 4 nitrogen and oxygen atoms in total. The van der Waals surface area contributed by atoms with Crippen LogP contribution in [0, 0.1) is 5.92 Å². The molecule has 1 rings (SSSR count). The monoisotopic (exact) mass is 279 g/mol. The average Bonchev–Trinajstić information content (AvgIpc) is 2.76. The number of nitrogens with one attached hydrogen (secondary N) is 2. The number of amides is 1. The Hall–Kier alpha value is -1.29. The van der Waals surface area contributed by atoms with E-state index in [1.807, 2.05) is 24.6 Å². The molecule has 20 heavy (non-hydrogen) atoms. The van der Waals surface area contributed by atoms with Crippen LogP contribution in [0.1, 0.15) is 52.6 Å². The van der Waals surface area contributed by atoms with Gasteiger partial charge in [0, 0.05) is 24.5 Å². The predicted molar refractivity (Wildman–Crippen MR) is 83.6 cm³/mol. The van der Waals surface area contributed by atoms with Gasteiger partial charge < -0.3 is 15.2 Å². The second kappa shape index (κ2) is 8.10. The van der Waals surface area contributed by atoms with E-state index in [1.165, 1.54) is 5.56 Å². The van der Waals surface area contributed by atoms with Gasteiger partial charge in [-0.05, 0) is 44.4 Å². The van der Waals surface area contributed by atoms with Gasteiger partial charge in [-0.2, -0.15) is 0 Å². The zero-order chi connectivity index (χ0) is 15.1. The summed E-state index contributed by atoms with van der Waals surface area (Å²) in [4.78, 5) is 11.8. The SMILES string of the molecule is CCCNC(c1ccn(CC(=O)NC(C)C)c1)C(C)C. The Morgan fingerprint density at radius 3 is 2.55 bits per heavy atom. The number of carbonyl (C=O) groups excluding carboxylic acids is 1. The summed E-state index contributed by atoms with van der Waals surface area (Å²) in [6.07, 6.45) is 5.19. The third-order valence-electron chi connectivity index (χ3n) is 3.19.